The van der Waals surface area contributed by atoms with E-state index in [4.69, 9.17) is 10.5 Å². The number of amides is 2. The smallest absolute Gasteiger partial charge is 0.254 e. The second-order valence-corrected chi connectivity index (χ2v) is 6.81. The van der Waals surface area contributed by atoms with Crippen LogP contribution in [-0.2, 0) is 9.53 Å². The number of benzene rings is 1. The Bertz CT molecular complexity index is 620. The molecule has 6 nitrogen and oxygen atoms in total. The summed E-state index contributed by atoms with van der Waals surface area (Å²) in [4.78, 5) is 24.7. The van der Waals surface area contributed by atoms with Crippen molar-refractivity contribution >= 4 is 17.5 Å². The molecule has 1 heterocycles. The molecule has 0 radical (unpaired) electrons. The standard InChI is InChI=1S/C18H25N3O3/c1-21(12-16(19)22)17(23)13-5-4-6-14(11-13)20-15-7-10-24-18(15)8-2-3-9-18/h4-6,11,15,20H,2-3,7-10,12H2,1H3,(H2,19,22). The van der Waals surface area contributed by atoms with Crippen LogP contribution in [0.4, 0.5) is 5.69 Å². The predicted octanol–water partition coefficient (Wildman–Crippen LogP) is 1.76. The number of ether oxygens (including phenoxy) is 1. The number of hydrogen-bond donors (Lipinski definition) is 2. The van der Waals surface area contributed by atoms with E-state index in [9.17, 15) is 9.59 Å². The summed E-state index contributed by atoms with van der Waals surface area (Å²) in [7, 11) is 1.57. The number of nitrogens with one attached hydrogen (secondary N) is 1. The zero-order valence-corrected chi connectivity index (χ0v) is 14.1. The van der Waals surface area contributed by atoms with Crippen molar-refractivity contribution in [2.75, 3.05) is 25.5 Å². The molecule has 3 N–H and O–H groups in total. The molecular formula is C18H25N3O3. The lowest BCUT2D eigenvalue weighted by Crippen LogP contribution is -2.41. The van der Waals surface area contributed by atoms with E-state index in [1.807, 2.05) is 18.2 Å². The molecule has 1 aliphatic heterocycles. The first kappa shape index (κ1) is 16.8. The molecule has 1 aliphatic carbocycles. The van der Waals surface area contributed by atoms with E-state index in [2.05, 4.69) is 5.32 Å². The summed E-state index contributed by atoms with van der Waals surface area (Å²) in [5, 5.41) is 3.56. The molecule has 1 atom stereocenters. The topological polar surface area (TPSA) is 84.7 Å². The van der Waals surface area contributed by atoms with Crippen LogP contribution in [0.2, 0.25) is 0 Å². The number of rotatable bonds is 5. The number of nitrogens with two attached hydrogens (primary N) is 1. The maximum absolute atomic E-state index is 12.4. The quantitative estimate of drug-likeness (QED) is 0.861. The molecule has 1 unspecified atom stereocenters. The van der Waals surface area contributed by atoms with Crippen molar-refractivity contribution < 1.29 is 14.3 Å². The van der Waals surface area contributed by atoms with Gasteiger partial charge in [-0.1, -0.05) is 18.9 Å². The molecule has 6 heteroatoms. The van der Waals surface area contributed by atoms with Crippen LogP contribution in [0.5, 0.6) is 0 Å². The van der Waals surface area contributed by atoms with Gasteiger partial charge in [-0.3, -0.25) is 9.59 Å². The van der Waals surface area contributed by atoms with E-state index in [1.165, 1.54) is 17.7 Å². The molecule has 0 bridgehead atoms. The van der Waals surface area contributed by atoms with E-state index in [-0.39, 0.29) is 24.1 Å². The molecule has 1 saturated heterocycles. The van der Waals surface area contributed by atoms with Crippen molar-refractivity contribution in [3.63, 3.8) is 0 Å². The van der Waals surface area contributed by atoms with Crippen LogP contribution >= 0.6 is 0 Å². The van der Waals surface area contributed by atoms with Gasteiger partial charge in [-0.05, 0) is 37.5 Å². The maximum Gasteiger partial charge on any atom is 0.254 e. The zero-order valence-electron chi connectivity index (χ0n) is 14.1. The molecule has 2 amide bonds. The first-order valence-corrected chi connectivity index (χ1v) is 8.54. The molecular weight excluding hydrogens is 306 g/mol. The van der Waals surface area contributed by atoms with Gasteiger partial charge in [-0.25, -0.2) is 0 Å². The van der Waals surface area contributed by atoms with Crippen LogP contribution < -0.4 is 11.1 Å². The number of likely N-dealkylation sites (N-methyl/N-ethyl adjacent to an activating group) is 1. The van der Waals surface area contributed by atoms with Crippen LogP contribution in [0.25, 0.3) is 0 Å². The second kappa shape index (κ2) is 6.81. The molecule has 24 heavy (non-hydrogen) atoms. The summed E-state index contributed by atoms with van der Waals surface area (Å²) >= 11 is 0. The Hall–Kier alpha value is -2.08. The molecule has 2 aliphatic rings. The molecule has 1 saturated carbocycles. The minimum absolute atomic E-state index is 0.0389. The van der Waals surface area contributed by atoms with E-state index in [0.717, 1.165) is 31.6 Å². The normalized spacial score (nSPS) is 21.8. The van der Waals surface area contributed by atoms with Gasteiger partial charge in [0.15, 0.2) is 0 Å². The van der Waals surface area contributed by atoms with Crippen molar-refractivity contribution in [2.45, 2.75) is 43.7 Å². The Kier molecular flexibility index (Phi) is 4.76. The second-order valence-electron chi connectivity index (χ2n) is 6.81. The van der Waals surface area contributed by atoms with Gasteiger partial charge in [0.05, 0.1) is 18.2 Å². The number of carbonyl (C=O) groups excluding carboxylic acids is 2. The van der Waals surface area contributed by atoms with Crippen molar-refractivity contribution in [2.24, 2.45) is 5.73 Å². The van der Waals surface area contributed by atoms with Gasteiger partial charge in [0, 0.05) is 24.9 Å². The van der Waals surface area contributed by atoms with E-state index < -0.39 is 5.91 Å². The van der Waals surface area contributed by atoms with Crippen molar-refractivity contribution in [3.05, 3.63) is 29.8 Å². The number of nitrogens with zero attached hydrogens (tertiary/aromatic N) is 1. The third kappa shape index (κ3) is 3.38. The Morgan fingerprint density at radius 3 is 2.83 bits per heavy atom. The number of anilines is 1. The Morgan fingerprint density at radius 2 is 2.12 bits per heavy atom. The molecule has 2 fully saturated rings. The zero-order chi connectivity index (χ0) is 17.2. The SMILES string of the molecule is CN(CC(N)=O)C(=O)c1cccc(NC2CCOC23CCCC3)c1. The highest BCUT2D eigenvalue weighted by atomic mass is 16.5. The largest absolute Gasteiger partial charge is 0.379 e. The molecule has 1 aromatic carbocycles. The van der Waals surface area contributed by atoms with Gasteiger partial charge in [0.2, 0.25) is 5.91 Å². The highest BCUT2D eigenvalue weighted by molar-refractivity contribution is 5.96. The van der Waals surface area contributed by atoms with Gasteiger partial charge < -0.3 is 20.7 Å². The summed E-state index contributed by atoms with van der Waals surface area (Å²) < 4.78 is 6.06. The fraction of sp³-hybridized carbons (Fsp3) is 0.556. The molecule has 1 aromatic rings. The van der Waals surface area contributed by atoms with E-state index >= 15 is 0 Å². The van der Waals surface area contributed by atoms with Crippen molar-refractivity contribution in [1.29, 1.82) is 0 Å². The van der Waals surface area contributed by atoms with Crippen molar-refractivity contribution in [3.8, 4) is 0 Å². The molecule has 1 spiro atoms. The summed E-state index contributed by atoms with van der Waals surface area (Å²) in [6, 6.07) is 7.69. The summed E-state index contributed by atoms with van der Waals surface area (Å²) in [6.07, 6.45) is 5.62. The lowest BCUT2D eigenvalue weighted by Gasteiger charge is -2.31. The first-order valence-electron chi connectivity index (χ1n) is 8.54. The average molecular weight is 331 g/mol. The fourth-order valence-corrected chi connectivity index (χ4v) is 3.88. The average Bonchev–Trinajstić information content (AvgIpc) is 3.17. The lowest BCUT2D eigenvalue weighted by molar-refractivity contribution is -0.118. The number of primary amides is 1. The van der Waals surface area contributed by atoms with Gasteiger partial charge in [0.1, 0.15) is 0 Å². The van der Waals surface area contributed by atoms with Crippen LogP contribution in [-0.4, -0.2) is 48.6 Å². The number of hydrogen-bond acceptors (Lipinski definition) is 4. The van der Waals surface area contributed by atoms with Crippen molar-refractivity contribution in [1.82, 2.24) is 4.90 Å². The van der Waals surface area contributed by atoms with Gasteiger partial charge in [-0.15, -0.1) is 0 Å². The van der Waals surface area contributed by atoms with Crippen LogP contribution in [0.3, 0.4) is 0 Å². The minimum Gasteiger partial charge on any atom is -0.379 e. The lowest BCUT2D eigenvalue weighted by atomic mass is 9.92. The molecule has 0 aromatic heterocycles. The van der Waals surface area contributed by atoms with Gasteiger partial charge in [0.25, 0.3) is 5.91 Å². The molecule has 3 rings (SSSR count). The first-order chi connectivity index (χ1) is 11.5. The number of carbonyl (C=O) groups is 2. The van der Waals surface area contributed by atoms with Crippen LogP contribution in [0.1, 0.15) is 42.5 Å². The summed E-state index contributed by atoms with van der Waals surface area (Å²) in [5.74, 6) is -0.734. The van der Waals surface area contributed by atoms with Gasteiger partial charge in [-0.2, -0.15) is 0 Å². The summed E-state index contributed by atoms with van der Waals surface area (Å²) in [5.41, 5.74) is 6.57. The van der Waals surface area contributed by atoms with Crippen LogP contribution in [0.15, 0.2) is 24.3 Å². The van der Waals surface area contributed by atoms with E-state index in [0.29, 0.717) is 5.56 Å². The summed E-state index contributed by atoms with van der Waals surface area (Å²) in [6.45, 7) is 0.702. The van der Waals surface area contributed by atoms with E-state index in [1.54, 1.807) is 13.1 Å². The third-order valence-electron chi connectivity index (χ3n) is 5.07. The Balaban J connectivity index is 1.71. The monoisotopic (exact) mass is 331 g/mol. The minimum atomic E-state index is -0.522. The predicted molar refractivity (Wildman–Crippen MR) is 91.8 cm³/mol. The molecule has 130 valence electrons. The Labute approximate surface area is 142 Å². The fourth-order valence-electron chi connectivity index (χ4n) is 3.88. The highest BCUT2D eigenvalue weighted by Crippen LogP contribution is 2.42. The Morgan fingerprint density at radius 1 is 1.38 bits per heavy atom. The highest BCUT2D eigenvalue weighted by Gasteiger charge is 2.46. The van der Waals surface area contributed by atoms with Crippen LogP contribution in [0, 0.1) is 0 Å². The van der Waals surface area contributed by atoms with Gasteiger partial charge >= 0.3 is 0 Å². The third-order valence-corrected chi connectivity index (χ3v) is 5.07. The maximum atomic E-state index is 12.4.